The van der Waals surface area contributed by atoms with Gasteiger partial charge in [0, 0.05) is 13.1 Å². The summed E-state index contributed by atoms with van der Waals surface area (Å²) in [6, 6.07) is 0. The van der Waals surface area contributed by atoms with Gasteiger partial charge in [-0.05, 0) is 25.7 Å². The van der Waals surface area contributed by atoms with Gasteiger partial charge in [-0.25, -0.2) is 0 Å². The number of likely N-dealkylation sites (tertiary alicyclic amines) is 1. The molecule has 1 aliphatic carbocycles. The number of nitrogens with zero attached hydrogens (tertiary/aromatic N) is 1. The maximum absolute atomic E-state index is 13.2. The number of carboxylic acids is 1. The summed E-state index contributed by atoms with van der Waals surface area (Å²) in [6.45, 7) is 0.694. The number of carbonyl (C=O) groups is 2. The van der Waals surface area contributed by atoms with Crippen molar-refractivity contribution in [2.45, 2.75) is 70.3 Å². The molecular weight excluding hydrogens is 327 g/mol. The monoisotopic (exact) mass is 351 g/mol. The molecule has 138 valence electrons. The standard InChI is InChI=1S/C16H24F3NO4/c1-2-12(24-11-6-4-3-5-7-11)13(21)20-9-8-15(10-20,14(22)23)16(17,18)19/h11-12H,2-10H2,1H3,(H,22,23). The third kappa shape index (κ3) is 3.68. The lowest BCUT2D eigenvalue weighted by molar-refractivity contribution is -0.227. The highest BCUT2D eigenvalue weighted by molar-refractivity contribution is 5.84. The largest absolute Gasteiger partial charge is 0.481 e. The molecule has 0 aromatic rings. The van der Waals surface area contributed by atoms with Gasteiger partial charge in [0.25, 0.3) is 5.91 Å². The summed E-state index contributed by atoms with van der Waals surface area (Å²) in [6.07, 6.45) is -1.10. The van der Waals surface area contributed by atoms with Crippen LogP contribution < -0.4 is 0 Å². The number of ether oxygens (including phenoxy) is 1. The fourth-order valence-corrected chi connectivity index (χ4v) is 3.49. The zero-order valence-corrected chi connectivity index (χ0v) is 13.8. The van der Waals surface area contributed by atoms with Crippen LogP contribution in [0.1, 0.15) is 51.9 Å². The SMILES string of the molecule is CCC(OC1CCCCC1)C(=O)N1CCC(C(=O)O)(C(F)(F)F)C1. The summed E-state index contributed by atoms with van der Waals surface area (Å²) >= 11 is 0. The molecule has 1 heterocycles. The topological polar surface area (TPSA) is 66.8 Å². The number of carboxylic acid groups (broad SMARTS) is 1. The molecule has 2 atom stereocenters. The molecule has 1 aliphatic heterocycles. The molecule has 0 radical (unpaired) electrons. The number of carbonyl (C=O) groups excluding carboxylic acids is 1. The third-order valence-electron chi connectivity index (χ3n) is 5.09. The lowest BCUT2D eigenvalue weighted by Crippen LogP contribution is -2.49. The van der Waals surface area contributed by atoms with E-state index >= 15 is 0 Å². The number of rotatable bonds is 5. The van der Waals surface area contributed by atoms with E-state index in [0.717, 1.165) is 37.0 Å². The maximum Gasteiger partial charge on any atom is 0.406 e. The molecule has 1 N–H and O–H groups in total. The Hall–Kier alpha value is -1.31. The summed E-state index contributed by atoms with van der Waals surface area (Å²) < 4.78 is 45.4. The lowest BCUT2D eigenvalue weighted by Gasteiger charge is -2.30. The van der Waals surface area contributed by atoms with Crippen LogP contribution in [0.15, 0.2) is 0 Å². The molecule has 2 aliphatic rings. The molecule has 2 fully saturated rings. The first kappa shape index (κ1) is 19.0. The van der Waals surface area contributed by atoms with Gasteiger partial charge in [-0.15, -0.1) is 0 Å². The normalized spacial score (nSPS) is 27.2. The molecule has 0 bridgehead atoms. The predicted molar refractivity (Wildman–Crippen MR) is 79.4 cm³/mol. The first-order chi connectivity index (χ1) is 11.2. The van der Waals surface area contributed by atoms with E-state index < -0.39 is 42.5 Å². The van der Waals surface area contributed by atoms with Crippen molar-refractivity contribution in [2.75, 3.05) is 13.1 Å². The number of hydrogen-bond acceptors (Lipinski definition) is 3. The van der Waals surface area contributed by atoms with Crippen molar-refractivity contribution in [3.05, 3.63) is 0 Å². The van der Waals surface area contributed by atoms with Crippen molar-refractivity contribution in [1.29, 1.82) is 0 Å². The molecule has 8 heteroatoms. The van der Waals surface area contributed by atoms with E-state index in [4.69, 9.17) is 9.84 Å². The van der Waals surface area contributed by atoms with Crippen LogP contribution in [0.2, 0.25) is 0 Å². The highest BCUT2D eigenvalue weighted by Gasteiger charge is 2.64. The van der Waals surface area contributed by atoms with Gasteiger partial charge >= 0.3 is 12.1 Å². The number of hydrogen-bond donors (Lipinski definition) is 1. The van der Waals surface area contributed by atoms with E-state index in [0.29, 0.717) is 6.42 Å². The number of alkyl halides is 3. The Balaban J connectivity index is 2.04. The molecule has 1 amide bonds. The molecule has 2 rings (SSSR count). The lowest BCUT2D eigenvalue weighted by atomic mass is 9.86. The Morgan fingerprint density at radius 3 is 2.38 bits per heavy atom. The van der Waals surface area contributed by atoms with Crippen molar-refractivity contribution >= 4 is 11.9 Å². The van der Waals surface area contributed by atoms with Gasteiger partial charge in [-0.1, -0.05) is 26.2 Å². The highest BCUT2D eigenvalue weighted by atomic mass is 19.4. The minimum Gasteiger partial charge on any atom is -0.481 e. The molecule has 0 aromatic heterocycles. The molecule has 0 aromatic carbocycles. The van der Waals surface area contributed by atoms with E-state index in [2.05, 4.69) is 0 Å². The second kappa shape index (κ2) is 7.29. The second-order valence-corrected chi connectivity index (χ2v) is 6.69. The summed E-state index contributed by atoms with van der Waals surface area (Å²) in [7, 11) is 0. The van der Waals surface area contributed by atoms with Gasteiger partial charge in [0.1, 0.15) is 6.10 Å². The molecular formula is C16H24F3NO4. The first-order valence-electron chi connectivity index (χ1n) is 8.45. The summed E-state index contributed by atoms with van der Waals surface area (Å²) in [5.41, 5.74) is -2.87. The van der Waals surface area contributed by atoms with Crippen LogP contribution in [-0.2, 0) is 14.3 Å². The van der Waals surface area contributed by atoms with Gasteiger partial charge in [0.05, 0.1) is 6.10 Å². The summed E-state index contributed by atoms with van der Waals surface area (Å²) in [5, 5.41) is 9.07. The van der Waals surface area contributed by atoms with Crippen molar-refractivity contribution < 1.29 is 32.6 Å². The van der Waals surface area contributed by atoms with Crippen LogP contribution in [0, 0.1) is 5.41 Å². The molecule has 1 saturated heterocycles. The van der Waals surface area contributed by atoms with Crippen molar-refractivity contribution in [3.8, 4) is 0 Å². The Labute approximate surface area is 139 Å². The van der Waals surface area contributed by atoms with Crippen molar-refractivity contribution in [3.63, 3.8) is 0 Å². The Kier molecular flexibility index (Phi) is 5.78. The van der Waals surface area contributed by atoms with Crippen LogP contribution in [-0.4, -0.2) is 53.4 Å². The van der Waals surface area contributed by atoms with E-state index in [-0.39, 0.29) is 12.6 Å². The van der Waals surface area contributed by atoms with Gasteiger partial charge in [-0.2, -0.15) is 13.2 Å². The fourth-order valence-electron chi connectivity index (χ4n) is 3.49. The Morgan fingerprint density at radius 2 is 1.92 bits per heavy atom. The van der Waals surface area contributed by atoms with Crippen molar-refractivity contribution in [1.82, 2.24) is 4.90 Å². The van der Waals surface area contributed by atoms with Gasteiger partial charge in [0.15, 0.2) is 5.41 Å². The third-order valence-corrected chi connectivity index (χ3v) is 5.09. The van der Waals surface area contributed by atoms with E-state index in [1.54, 1.807) is 6.92 Å². The minimum absolute atomic E-state index is 0.0397. The first-order valence-corrected chi connectivity index (χ1v) is 8.45. The van der Waals surface area contributed by atoms with Crippen LogP contribution in [0.5, 0.6) is 0 Å². The van der Waals surface area contributed by atoms with E-state index in [1.165, 1.54) is 0 Å². The van der Waals surface area contributed by atoms with Crippen LogP contribution in [0.25, 0.3) is 0 Å². The molecule has 1 saturated carbocycles. The smallest absolute Gasteiger partial charge is 0.406 e. The van der Waals surface area contributed by atoms with Gasteiger partial charge in [0.2, 0.25) is 0 Å². The van der Waals surface area contributed by atoms with E-state index in [1.807, 2.05) is 0 Å². The van der Waals surface area contributed by atoms with Gasteiger partial charge in [-0.3, -0.25) is 9.59 Å². The second-order valence-electron chi connectivity index (χ2n) is 6.69. The maximum atomic E-state index is 13.2. The number of amides is 1. The molecule has 0 spiro atoms. The minimum atomic E-state index is -4.89. The predicted octanol–water partition coefficient (Wildman–Crippen LogP) is 2.98. The average molecular weight is 351 g/mol. The number of halogens is 3. The van der Waals surface area contributed by atoms with Crippen molar-refractivity contribution in [2.24, 2.45) is 5.41 Å². The summed E-state index contributed by atoms with van der Waals surface area (Å²) in [4.78, 5) is 24.7. The highest BCUT2D eigenvalue weighted by Crippen LogP contribution is 2.46. The van der Waals surface area contributed by atoms with Crippen LogP contribution >= 0.6 is 0 Å². The van der Waals surface area contributed by atoms with Gasteiger partial charge < -0.3 is 14.7 Å². The molecule has 2 unspecified atom stereocenters. The number of aliphatic carboxylic acids is 1. The summed E-state index contributed by atoms with van der Waals surface area (Å²) in [5.74, 6) is -2.46. The Bertz CT molecular complexity index is 476. The molecule has 5 nitrogen and oxygen atoms in total. The van der Waals surface area contributed by atoms with E-state index in [9.17, 15) is 22.8 Å². The van der Waals surface area contributed by atoms with Crippen LogP contribution in [0.4, 0.5) is 13.2 Å². The fraction of sp³-hybridized carbons (Fsp3) is 0.875. The zero-order valence-electron chi connectivity index (χ0n) is 13.8. The molecule has 24 heavy (non-hydrogen) atoms. The zero-order chi connectivity index (χ0) is 18.0. The Morgan fingerprint density at radius 1 is 1.29 bits per heavy atom. The van der Waals surface area contributed by atoms with Crippen LogP contribution in [0.3, 0.4) is 0 Å². The quantitative estimate of drug-likeness (QED) is 0.827. The average Bonchev–Trinajstić information content (AvgIpc) is 2.99.